The Morgan fingerprint density at radius 3 is 2.54 bits per heavy atom. The maximum atomic E-state index is 13.9. The zero-order valence-electron chi connectivity index (χ0n) is 20.0. The second kappa shape index (κ2) is 10.5. The zero-order valence-corrected chi connectivity index (χ0v) is 21.6. The highest BCUT2D eigenvalue weighted by atomic mass is 35.5. The molecule has 2 aromatic carbocycles. The smallest absolute Gasteiger partial charge is 0.307 e. The lowest BCUT2D eigenvalue weighted by Gasteiger charge is -2.29. The van der Waals surface area contributed by atoms with Gasteiger partial charge in [0.15, 0.2) is 5.13 Å². The number of amides is 1. The van der Waals surface area contributed by atoms with E-state index in [4.69, 9.17) is 21.3 Å². The normalized spacial score (nSPS) is 21.0. The van der Waals surface area contributed by atoms with Crippen LogP contribution in [-0.4, -0.2) is 40.2 Å². The number of carbonyl (C=O) groups is 2. The zero-order chi connectivity index (χ0) is 25.2. The van der Waals surface area contributed by atoms with Gasteiger partial charge in [0, 0.05) is 28.4 Å². The first-order chi connectivity index (χ1) is 16.6. The predicted octanol–water partition coefficient (Wildman–Crippen LogP) is 5.69. The fourth-order valence-electron chi connectivity index (χ4n) is 4.45. The Kier molecular flexibility index (Phi) is 7.59. The first-order valence-corrected chi connectivity index (χ1v) is 12.9. The van der Waals surface area contributed by atoms with Crippen molar-refractivity contribution in [1.82, 2.24) is 4.98 Å². The molecule has 0 spiro atoms. The molecule has 3 atom stereocenters. The Balaban J connectivity index is 1.69. The van der Waals surface area contributed by atoms with Crippen molar-refractivity contribution in [2.45, 2.75) is 51.2 Å². The van der Waals surface area contributed by atoms with Gasteiger partial charge in [-0.1, -0.05) is 60.1 Å². The Morgan fingerprint density at radius 2 is 1.86 bits per heavy atom. The summed E-state index contributed by atoms with van der Waals surface area (Å²) in [6, 6.07) is 16.8. The van der Waals surface area contributed by atoms with Crippen molar-refractivity contribution in [3.63, 3.8) is 0 Å². The quantitative estimate of drug-likeness (QED) is 0.444. The summed E-state index contributed by atoms with van der Waals surface area (Å²) in [5.74, 6) is -2.05. The SMILES string of the molecule is CC(C)(C)OC(=O)C[C@@H]1C(=O)N(c2nc(-c3ccccc3Cl)cs2)CC[C@@H](O)[C@@H]1c1ccccc1. The lowest BCUT2D eigenvalue weighted by Crippen LogP contribution is -2.39. The third-order valence-corrected chi connectivity index (χ3v) is 7.14. The minimum Gasteiger partial charge on any atom is -0.460 e. The first kappa shape index (κ1) is 25.4. The lowest BCUT2D eigenvalue weighted by molar-refractivity contribution is -0.157. The van der Waals surface area contributed by atoms with Crippen molar-refractivity contribution in [3.05, 3.63) is 70.6 Å². The Hall–Kier alpha value is -2.74. The molecule has 0 saturated carbocycles. The number of anilines is 1. The lowest BCUT2D eigenvalue weighted by atomic mass is 9.79. The molecule has 0 radical (unpaired) electrons. The standard InChI is InChI=1S/C27H29ClN2O4S/c1-27(2,3)34-23(32)15-19-24(17-9-5-4-6-10-17)22(31)13-14-30(25(19)33)26-29-21(16-35-26)18-11-7-8-12-20(18)28/h4-12,16,19,22,24,31H,13-15H2,1-3H3/t19-,22+,24+/m0/s1. The van der Waals surface area contributed by atoms with Crippen LogP contribution in [0.3, 0.4) is 0 Å². The summed E-state index contributed by atoms with van der Waals surface area (Å²) in [4.78, 5) is 33.1. The number of halogens is 1. The summed E-state index contributed by atoms with van der Waals surface area (Å²) in [6.07, 6.45) is -0.579. The van der Waals surface area contributed by atoms with E-state index in [2.05, 4.69) is 0 Å². The molecule has 4 rings (SSSR count). The van der Waals surface area contributed by atoms with Crippen LogP contribution in [-0.2, 0) is 14.3 Å². The van der Waals surface area contributed by atoms with E-state index in [1.165, 1.54) is 11.3 Å². The van der Waals surface area contributed by atoms with E-state index in [0.29, 0.717) is 28.8 Å². The van der Waals surface area contributed by atoms with E-state index in [9.17, 15) is 14.7 Å². The van der Waals surface area contributed by atoms with Crippen molar-refractivity contribution >= 4 is 39.9 Å². The van der Waals surface area contributed by atoms with Gasteiger partial charge in [0.1, 0.15) is 5.60 Å². The fourth-order valence-corrected chi connectivity index (χ4v) is 5.54. The van der Waals surface area contributed by atoms with Crippen LogP contribution in [0.5, 0.6) is 0 Å². The van der Waals surface area contributed by atoms with E-state index in [-0.39, 0.29) is 12.3 Å². The van der Waals surface area contributed by atoms with Crippen molar-refractivity contribution in [1.29, 1.82) is 0 Å². The average Bonchev–Trinajstić information content (AvgIpc) is 3.24. The molecule has 3 aromatic rings. The Bertz CT molecular complexity index is 1190. The van der Waals surface area contributed by atoms with Crippen LogP contribution in [0.15, 0.2) is 60.0 Å². The van der Waals surface area contributed by atoms with Crippen LogP contribution in [0.4, 0.5) is 5.13 Å². The van der Waals surface area contributed by atoms with Gasteiger partial charge in [-0.15, -0.1) is 11.3 Å². The molecule has 1 N–H and O–H groups in total. The van der Waals surface area contributed by atoms with Gasteiger partial charge in [0.05, 0.1) is 24.1 Å². The summed E-state index contributed by atoms with van der Waals surface area (Å²) in [6.45, 7) is 5.67. The molecule has 2 heterocycles. The van der Waals surface area contributed by atoms with Crippen molar-refractivity contribution in [3.8, 4) is 11.3 Å². The molecule has 184 valence electrons. The van der Waals surface area contributed by atoms with E-state index in [1.54, 1.807) is 31.7 Å². The van der Waals surface area contributed by atoms with Crippen LogP contribution < -0.4 is 4.90 Å². The fraction of sp³-hybridized carbons (Fsp3) is 0.370. The number of nitrogens with zero attached hydrogens (tertiary/aromatic N) is 2. The van der Waals surface area contributed by atoms with Gasteiger partial charge in [0.25, 0.3) is 0 Å². The minimum atomic E-state index is -0.804. The molecular weight excluding hydrogens is 484 g/mol. The minimum absolute atomic E-state index is 0.133. The highest BCUT2D eigenvalue weighted by Crippen LogP contribution is 2.39. The van der Waals surface area contributed by atoms with Crippen LogP contribution in [0.25, 0.3) is 11.3 Å². The van der Waals surface area contributed by atoms with Crippen molar-refractivity contribution in [2.75, 3.05) is 11.4 Å². The molecule has 0 bridgehead atoms. The number of aromatic nitrogens is 1. The first-order valence-electron chi connectivity index (χ1n) is 11.6. The molecule has 35 heavy (non-hydrogen) atoms. The number of hydrogen-bond donors (Lipinski definition) is 1. The third kappa shape index (κ3) is 5.92. The molecular formula is C27H29ClN2O4S. The number of thiazole rings is 1. The van der Waals surface area contributed by atoms with E-state index in [1.807, 2.05) is 53.9 Å². The van der Waals surface area contributed by atoms with Gasteiger partial charge in [-0.05, 0) is 38.8 Å². The second-order valence-electron chi connectivity index (χ2n) is 9.67. The Morgan fingerprint density at radius 1 is 1.17 bits per heavy atom. The van der Waals surface area contributed by atoms with Crippen LogP contribution in [0.1, 0.15) is 45.1 Å². The topological polar surface area (TPSA) is 79.7 Å². The summed E-state index contributed by atoms with van der Waals surface area (Å²) < 4.78 is 5.55. The van der Waals surface area contributed by atoms with E-state index < -0.39 is 29.5 Å². The summed E-state index contributed by atoms with van der Waals surface area (Å²) in [5, 5.41) is 14.1. The van der Waals surface area contributed by atoms with E-state index in [0.717, 1.165) is 11.1 Å². The van der Waals surface area contributed by atoms with Crippen molar-refractivity contribution in [2.24, 2.45) is 5.92 Å². The van der Waals surface area contributed by atoms with E-state index >= 15 is 0 Å². The van der Waals surface area contributed by atoms with Gasteiger partial charge in [0.2, 0.25) is 5.91 Å². The monoisotopic (exact) mass is 512 g/mol. The summed E-state index contributed by atoms with van der Waals surface area (Å²) in [5.41, 5.74) is 1.60. The molecule has 1 aliphatic rings. The summed E-state index contributed by atoms with van der Waals surface area (Å²) in [7, 11) is 0. The van der Waals surface area contributed by atoms with Gasteiger partial charge >= 0.3 is 5.97 Å². The second-order valence-corrected chi connectivity index (χ2v) is 10.9. The molecule has 1 amide bonds. The number of esters is 1. The highest BCUT2D eigenvalue weighted by molar-refractivity contribution is 7.14. The van der Waals surface area contributed by atoms with Crippen molar-refractivity contribution < 1.29 is 19.4 Å². The molecule has 1 fully saturated rings. The number of hydrogen-bond acceptors (Lipinski definition) is 6. The average molecular weight is 513 g/mol. The number of aliphatic hydroxyl groups excluding tert-OH is 1. The number of benzene rings is 2. The predicted molar refractivity (Wildman–Crippen MR) is 139 cm³/mol. The third-order valence-electron chi connectivity index (χ3n) is 5.94. The molecule has 0 aliphatic carbocycles. The molecule has 8 heteroatoms. The summed E-state index contributed by atoms with van der Waals surface area (Å²) >= 11 is 7.69. The number of aliphatic hydroxyl groups is 1. The largest absolute Gasteiger partial charge is 0.460 e. The van der Waals surface area contributed by atoms with Crippen LogP contribution in [0, 0.1) is 5.92 Å². The maximum absolute atomic E-state index is 13.9. The highest BCUT2D eigenvalue weighted by Gasteiger charge is 2.43. The van der Waals surface area contributed by atoms with Gasteiger partial charge in [-0.3, -0.25) is 14.5 Å². The molecule has 6 nitrogen and oxygen atoms in total. The molecule has 1 saturated heterocycles. The van der Waals surface area contributed by atoms with Gasteiger partial charge in [-0.2, -0.15) is 0 Å². The van der Waals surface area contributed by atoms with Crippen LogP contribution >= 0.6 is 22.9 Å². The number of rotatable bonds is 5. The molecule has 1 aliphatic heterocycles. The van der Waals surface area contributed by atoms with Gasteiger partial charge < -0.3 is 9.84 Å². The Labute approximate surface area is 214 Å². The maximum Gasteiger partial charge on any atom is 0.307 e. The van der Waals surface area contributed by atoms with Gasteiger partial charge in [-0.25, -0.2) is 4.98 Å². The molecule has 1 aromatic heterocycles. The van der Waals surface area contributed by atoms with Crippen LogP contribution in [0.2, 0.25) is 5.02 Å². The number of carbonyl (C=O) groups excluding carboxylic acids is 2. The number of ether oxygens (including phenoxy) is 1. The molecule has 0 unspecified atom stereocenters.